The van der Waals surface area contributed by atoms with Gasteiger partial charge in [-0.3, -0.25) is 0 Å². The summed E-state index contributed by atoms with van der Waals surface area (Å²) >= 11 is 0. The largest absolute Gasteiger partial charge is 0.496 e. The zero-order valence-corrected chi connectivity index (χ0v) is 12.7. The number of fused-ring (bicyclic) bond motifs is 1. The summed E-state index contributed by atoms with van der Waals surface area (Å²) in [5, 5.41) is 8.37. The molecule has 1 aromatic heterocycles. The van der Waals surface area contributed by atoms with Gasteiger partial charge < -0.3 is 14.5 Å². The number of H-pyrrole nitrogens is 1. The second kappa shape index (κ2) is 6.31. The number of benzene rings is 2. The second-order valence-corrected chi connectivity index (χ2v) is 4.80. The van der Waals surface area contributed by atoms with Crippen LogP contribution in [0.2, 0.25) is 0 Å². The molecule has 0 fully saturated rings. The molecule has 116 valence electrons. The molecule has 6 nitrogen and oxygen atoms in total. The van der Waals surface area contributed by atoms with Crippen LogP contribution in [0.1, 0.15) is 0 Å². The average Bonchev–Trinajstić information content (AvgIpc) is 3.03. The lowest BCUT2D eigenvalue weighted by Gasteiger charge is -2.08. The monoisotopic (exact) mass is 309 g/mol. The van der Waals surface area contributed by atoms with Crippen molar-refractivity contribution in [3.8, 4) is 16.9 Å². The fourth-order valence-corrected chi connectivity index (χ4v) is 2.40. The van der Waals surface area contributed by atoms with E-state index >= 15 is 0 Å². The average molecular weight is 309 g/mol. The molecule has 0 saturated carbocycles. The van der Waals surface area contributed by atoms with Crippen LogP contribution >= 0.6 is 0 Å². The van der Waals surface area contributed by atoms with Crippen LogP contribution in [0.4, 0.5) is 10.5 Å². The molecular formula is C17H15N3O3. The van der Waals surface area contributed by atoms with Gasteiger partial charge in [0.05, 0.1) is 19.9 Å². The minimum absolute atomic E-state index is 0.510. The van der Waals surface area contributed by atoms with Gasteiger partial charge in [0.25, 0.3) is 0 Å². The highest BCUT2D eigenvalue weighted by Crippen LogP contribution is 2.37. The van der Waals surface area contributed by atoms with E-state index in [-0.39, 0.29) is 0 Å². The maximum absolute atomic E-state index is 11.0. The van der Waals surface area contributed by atoms with Crippen LogP contribution in [-0.4, -0.2) is 25.3 Å². The molecule has 3 rings (SSSR count). The predicted molar refractivity (Wildman–Crippen MR) is 87.2 cm³/mol. The van der Waals surface area contributed by atoms with E-state index in [1.54, 1.807) is 19.2 Å². The number of ether oxygens (including phenoxy) is 2. The highest BCUT2D eigenvalue weighted by Gasteiger charge is 2.11. The normalized spacial score (nSPS) is 11.0. The first-order valence-electron chi connectivity index (χ1n) is 6.97. The molecule has 0 spiro atoms. The summed E-state index contributed by atoms with van der Waals surface area (Å²) in [6, 6.07) is 13.4. The van der Waals surface area contributed by atoms with Crippen molar-refractivity contribution in [3.05, 3.63) is 48.7 Å². The number of azo groups is 1. The Labute approximate surface area is 132 Å². The Morgan fingerprint density at radius 2 is 1.91 bits per heavy atom. The maximum Gasteiger partial charge on any atom is 0.452 e. The number of nitrogens with one attached hydrogen (secondary N) is 1. The Morgan fingerprint density at radius 1 is 1.09 bits per heavy atom. The summed E-state index contributed by atoms with van der Waals surface area (Å²) in [5.41, 5.74) is 3.53. The van der Waals surface area contributed by atoms with E-state index in [1.807, 2.05) is 36.5 Å². The third-order valence-corrected chi connectivity index (χ3v) is 3.49. The van der Waals surface area contributed by atoms with Crippen molar-refractivity contribution in [1.82, 2.24) is 4.98 Å². The number of hydrogen-bond acceptors (Lipinski definition) is 4. The third-order valence-electron chi connectivity index (χ3n) is 3.49. The number of carbonyl (C=O) groups is 1. The molecule has 0 atom stereocenters. The summed E-state index contributed by atoms with van der Waals surface area (Å²) in [7, 11) is 2.84. The predicted octanol–water partition coefficient (Wildman–Crippen LogP) is 4.69. The second-order valence-electron chi connectivity index (χ2n) is 4.80. The smallest absolute Gasteiger partial charge is 0.452 e. The van der Waals surface area contributed by atoms with E-state index in [9.17, 15) is 4.79 Å². The summed E-state index contributed by atoms with van der Waals surface area (Å²) in [6.07, 6.45) is 1.20. The van der Waals surface area contributed by atoms with Gasteiger partial charge in [-0.25, -0.2) is 4.79 Å². The molecule has 1 heterocycles. The number of hydrogen-bond donors (Lipinski definition) is 1. The van der Waals surface area contributed by atoms with Gasteiger partial charge >= 0.3 is 6.09 Å². The number of carbonyl (C=O) groups excluding carboxylic acids is 1. The number of methoxy groups -OCH3 is 2. The first-order valence-corrected chi connectivity index (χ1v) is 6.97. The summed E-state index contributed by atoms with van der Waals surface area (Å²) in [5.74, 6) is 0.649. The van der Waals surface area contributed by atoms with E-state index in [4.69, 9.17) is 4.74 Å². The van der Waals surface area contributed by atoms with Crippen molar-refractivity contribution < 1.29 is 14.3 Å². The Kier molecular flexibility index (Phi) is 4.05. The van der Waals surface area contributed by atoms with Crippen LogP contribution in [0.3, 0.4) is 0 Å². The number of rotatable bonds is 3. The summed E-state index contributed by atoms with van der Waals surface area (Å²) < 4.78 is 9.88. The van der Waals surface area contributed by atoms with Crippen molar-refractivity contribution in [2.45, 2.75) is 0 Å². The number of aromatic amines is 1. The number of para-hydroxylation sites is 1. The Balaban J connectivity index is 2.03. The van der Waals surface area contributed by atoms with Gasteiger partial charge in [-0.2, -0.15) is 0 Å². The van der Waals surface area contributed by atoms with Gasteiger partial charge in [-0.05, 0) is 18.2 Å². The molecular weight excluding hydrogens is 294 g/mol. The van der Waals surface area contributed by atoms with E-state index in [2.05, 4.69) is 19.9 Å². The molecule has 0 aliphatic carbocycles. The fraction of sp³-hybridized carbons (Fsp3) is 0.118. The van der Waals surface area contributed by atoms with Crippen molar-refractivity contribution in [2.24, 2.45) is 10.2 Å². The lowest BCUT2D eigenvalue weighted by Crippen LogP contribution is -1.90. The zero-order valence-electron chi connectivity index (χ0n) is 12.7. The molecule has 1 N–H and O–H groups in total. The zero-order chi connectivity index (χ0) is 16.2. The van der Waals surface area contributed by atoms with Gasteiger partial charge in [-0.15, -0.1) is 5.11 Å². The minimum Gasteiger partial charge on any atom is -0.496 e. The molecule has 0 unspecified atom stereocenters. The Hall–Kier alpha value is -3.15. The van der Waals surface area contributed by atoms with E-state index in [1.165, 1.54) is 7.11 Å². The highest BCUT2D eigenvalue weighted by molar-refractivity contribution is 5.97. The standard InChI is InChI=1S/C17H15N3O3/c1-22-16-9-11(19-20-17(21)23-2)7-8-13(16)14-10-18-15-6-4-3-5-12(14)15/h3-10,18H,1-2H3. The van der Waals surface area contributed by atoms with Crippen molar-refractivity contribution >= 4 is 22.7 Å². The van der Waals surface area contributed by atoms with E-state index < -0.39 is 6.09 Å². The molecule has 1 amide bonds. The van der Waals surface area contributed by atoms with Crippen molar-refractivity contribution in [2.75, 3.05) is 14.2 Å². The lowest BCUT2D eigenvalue weighted by atomic mass is 10.0. The van der Waals surface area contributed by atoms with Crippen LogP contribution in [0, 0.1) is 0 Å². The summed E-state index contributed by atoms with van der Waals surface area (Å²) in [6.45, 7) is 0. The van der Waals surface area contributed by atoms with Crippen LogP contribution in [-0.2, 0) is 4.74 Å². The molecule has 0 bridgehead atoms. The SMILES string of the molecule is COC(=O)N=Nc1ccc(-c2c[nH]c3ccccc23)c(OC)c1. The summed E-state index contributed by atoms with van der Waals surface area (Å²) in [4.78, 5) is 14.3. The van der Waals surface area contributed by atoms with Crippen LogP contribution in [0.25, 0.3) is 22.0 Å². The highest BCUT2D eigenvalue weighted by atomic mass is 16.5. The van der Waals surface area contributed by atoms with Gasteiger partial charge in [0.2, 0.25) is 0 Å². The quantitative estimate of drug-likeness (QED) is 0.713. The lowest BCUT2D eigenvalue weighted by molar-refractivity contribution is 0.181. The minimum atomic E-state index is -0.746. The first kappa shape index (κ1) is 14.8. The molecule has 0 aliphatic heterocycles. The molecule has 6 heteroatoms. The Bertz CT molecular complexity index is 884. The van der Waals surface area contributed by atoms with E-state index in [0.717, 1.165) is 22.0 Å². The number of aromatic nitrogens is 1. The van der Waals surface area contributed by atoms with Gasteiger partial charge in [0.15, 0.2) is 0 Å². The maximum atomic E-state index is 11.0. The topological polar surface area (TPSA) is 76.0 Å². The van der Waals surface area contributed by atoms with Gasteiger partial charge in [0.1, 0.15) is 5.75 Å². The van der Waals surface area contributed by atoms with Crippen LogP contribution in [0.5, 0.6) is 5.75 Å². The molecule has 0 aliphatic rings. The molecule has 2 aromatic carbocycles. The first-order chi connectivity index (χ1) is 11.2. The van der Waals surface area contributed by atoms with Crippen molar-refractivity contribution in [3.63, 3.8) is 0 Å². The van der Waals surface area contributed by atoms with E-state index in [0.29, 0.717) is 11.4 Å². The molecule has 3 aromatic rings. The fourth-order valence-electron chi connectivity index (χ4n) is 2.40. The molecule has 0 radical (unpaired) electrons. The number of nitrogens with zero attached hydrogens (tertiary/aromatic N) is 2. The van der Waals surface area contributed by atoms with Crippen LogP contribution in [0.15, 0.2) is 58.9 Å². The van der Waals surface area contributed by atoms with Crippen molar-refractivity contribution in [1.29, 1.82) is 0 Å². The van der Waals surface area contributed by atoms with Gasteiger partial charge in [-0.1, -0.05) is 23.3 Å². The third kappa shape index (κ3) is 2.91. The number of amides is 1. The van der Waals surface area contributed by atoms with Gasteiger partial charge in [0, 0.05) is 34.3 Å². The van der Waals surface area contributed by atoms with Crippen LogP contribution < -0.4 is 4.74 Å². The molecule has 0 saturated heterocycles. The Morgan fingerprint density at radius 3 is 2.70 bits per heavy atom. The molecule has 23 heavy (non-hydrogen) atoms.